The molecule has 0 amide bonds. The minimum absolute atomic E-state index is 0.300. The average Bonchev–Trinajstić information content (AvgIpc) is 2.38. The van der Waals surface area contributed by atoms with Crippen molar-refractivity contribution in [3.63, 3.8) is 0 Å². The number of aliphatic hydroxyl groups excluding tert-OH is 1. The Hall–Kier alpha value is -1.94. The van der Waals surface area contributed by atoms with Gasteiger partial charge in [0.1, 0.15) is 11.6 Å². The number of halogens is 2. The monoisotopic (exact) mass is 249 g/mol. The van der Waals surface area contributed by atoms with E-state index in [9.17, 15) is 13.9 Å². The van der Waals surface area contributed by atoms with E-state index in [4.69, 9.17) is 0 Å². The smallest absolute Gasteiger partial charge is 0.146 e. The first kappa shape index (κ1) is 12.5. The highest BCUT2D eigenvalue weighted by Crippen LogP contribution is 2.29. The number of nitrogens with zero attached hydrogens (tertiary/aromatic N) is 1. The SMILES string of the molecule is CN(c1ccccc1F)c1ccc(F)cc1CO. The van der Waals surface area contributed by atoms with Crippen molar-refractivity contribution in [1.82, 2.24) is 0 Å². The zero-order chi connectivity index (χ0) is 13.1. The van der Waals surface area contributed by atoms with E-state index in [2.05, 4.69) is 0 Å². The predicted octanol–water partition coefficient (Wildman–Crippen LogP) is 3.23. The number of hydrogen-bond donors (Lipinski definition) is 1. The standard InChI is InChI=1S/C14H13F2NO/c1-17(14-5-3-2-4-12(14)16)13-7-6-11(15)8-10(13)9-18/h2-8,18H,9H2,1H3. The fourth-order valence-corrected chi connectivity index (χ4v) is 1.86. The third-order valence-corrected chi connectivity index (χ3v) is 2.79. The molecule has 1 N–H and O–H groups in total. The highest BCUT2D eigenvalue weighted by Gasteiger charge is 2.12. The van der Waals surface area contributed by atoms with E-state index >= 15 is 0 Å². The summed E-state index contributed by atoms with van der Waals surface area (Å²) in [6.45, 7) is -0.300. The van der Waals surface area contributed by atoms with Crippen molar-refractivity contribution in [3.8, 4) is 0 Å². The van der Waals surface area contributed by atoms with Crippen LogP contribution in [0, 0.1) is 11.6 Å². The quantitative estimate of drug-likeness (QED) is 0.902. The van der Waals surface area contributed by atoms with Crippen LogP contribution in [0.2, 0.25) is 0 Å². The first-order valence-corrected chi connectivity index (χ1v) is 5.51. The largest absolute Gasteiger partial charge is 0.392 e. The van der Waals surface area contributed by atoms with E-state index in [0.717, 1.165) is 0 Å². The van der Waals surface area contributed by atoms with Crippen LogP contribution in [0.4, 0.5) is 20.2 Å². The molecule has 0 aliphatic carbocycles. The molecular formula is C14H13F2NO. The third-order valence-electron chi connectivity index (χ3n) is 2.79. The zero-order valence-corrected chi connectivity index (χ0v) is 9.90. The van der Waals surface area contributed by atoms with Crippen molar-refractivity contribution < 1.29 is 13.9 Å². The van der Waals surface area contributed by atoms with Crippen LogP contribution in [0.5, 0.6) is 0 Å². The molecule has 0 radical (unpaired) electrons. The molecule has 0 spiro atoms. The van der Waals surface area contributed by atoms with Crippen LogP contribution in [0.3, 0.4) is 0 Å². The van der Waals surface area contributed by atoms with Crippen LogP contribution in [-0.2, 0) is 6.61 Å². The Morgan fingerprint density at radius 2 is 1.78 bits per heavy atom. The highest BCUT2D eigenvalue weighted by atomic mass is 19.1. The number of anilines is 2. The molecule has 0 heterocycles. The first-order valence-electron chi connectivity index (χ1n) is 5.51. The van der Waals surface area contributed by atoms with Gasteiger partial charge in [0.25, 0.3) is 0 Å². The molecule has 94 valence electrons. The van der Waals surface area contributed by atoms with Crippen LogP contribution in [0.15, 0.2) is 42.5 Å². The lowest BCUT2D eigenvalue weighted by molar-refractivity contribution is 0.281. The van der Waals surface area contributed by atoms with Crippen molar-refractivity contribution in [1.29, 1.82) is 0 Å². The Bertz CT molecular complexity index is 557. The zero-order valence-electron chi connectivity index (χ0n) is 9.90. The Morgan fingerprint density at radius 1 is 1.06 bits per heavy atom. The van der Waals surface area contributed by atoms with E-state index in [1.165, 1.54) is 24.3 Å². The van der Waals surface area contributed by atoms with E-state index in [1.807, 2.05) is 0 Å². The molecule has 4 heteroatoms. The molecule has 0 saturated carbocycles. The lowest BCUT2D eigenvalue weighted by atomic mass is 10.1. The average molecular weight is 249 g/mol. The van der Waals surface area contributed by atoms with Gasteiger partial charge in [-0.05, 0) is 30.3 Å². The summed E-state index contributed by atoms with van der Waals surface area (Å²) < 4.78 is 26.7. The van der Waals surface area contributed by atoms with Gasteiger partial charge in [0.15, 0.2) is 0 Å². The van der Waals surface area contributed by atoms with Gasteiger partial charge in [-0.25, -0.2) is 8.78 Å². The van der Waals surface area contributed by atoms with Crippen molar-refractivity contribution in [2.45, 2.75) is 6.61 Å². The molecule has 2 nitrogen and oxygen atoms in total. The summed E-state index contributed by atoms with van der Waals surface area (Å²) in [6.07, 6.45) is 0. The van der Waals surface area contributed by atoms with Crippen molar-refractivity contribution in [2.75, 3.05) is 11.9 Å². The topological polar surface area (TPSA) is 23.5 Å². The van der Waals surface area contributed by atoms with E-state index in [0.29, 0.717) is 16.9 Å². The van der Waals surface area contributed by atoms with Gasteiger partial charge in [0.05, 0.1) is 12.3 Å². The number of para-hydroxylation sites is 1. The molecule has 0 unspecified atom stereocenters. The molecule has 2 aromatic carbocycles. The lowest BCUT2D eigenvalue weighted by Gasteiger charge is -2.22. The van der Waals surface area contributed by atoms with Gasteiger partial charge in [-0.15, -0.1) is 0 Å². The van der Waals surface area contributed by atoms with Crippen LogP contribution in [0.25, 0.3) is 0 Å². The lowest BCUT2D eigenvalue weighted by Crippen LogP contribution is -2.13. The highest BCUT2D eigenvalue weighted by molar-refractivity contribution is 5.66. The fourth-order valence-electron chi connectivity index (χ4n) is 1.86. The summed E-state index contributed by atoms with van der Waals surface area (Å²) in [5.41, 5.74) is 1.36. The Labute approximate surface area is 104 Å². The molecule has 0 fully saturated rings. The van der Waals surface area contributed by atoms with Gasteiger partial charge in [-0.3, -0.25) is 0 Å². The summed E-state index contributed by atoms with van der Waals surface area (Å²) in [7, 11) is 1.67. The normalized spacial score (nSPS) is 10.4. The summed E-state index contributed by atoms with van der Waals surface area (Å²) in [4.78, 5) is 1.58. The minimum atomic E-state index is -0.426. The molecule has 0 bridgehead atoms. The van der Waals surface area contributed by atoms with Crippen LogP contribution in [0.1, 0.15) is 5.56 Å². The molecule has 2 rings (SSSR count). The summed E-state index contributed by atoms with van der Waals surface area (Å²) >= 11 is 0. The minimum Gasteiger partial charge on any atom is -0.392 e. The number of rotatable bonds is 3. The fraction of sp³-hybridized carbons (Fsp3) is 0.143. The Morgan fingerprint density at radius 3 is 2.44 bits per heavy atom. The van der Waals surface area contributed by atoms with Gasteiger partial charge >= 0.3 is 0 Å². The maximum atomic E-state index is 13.7. The Balaban J connectivity index is 2.46. The van der Waals surface area contributed by atoms with Gasteiger partial charge in [-0.1, -0.05) is 12.1 Å². The van der Waals surface area contributed by atoms with Gasteiger partial charge < -0.3 is 10.0 Å². The summed E-state index contributed by atoms with van der Waals surface area (Å²) in [6, 6.07) is 10.3. The van der Waals surface area contributed by atoms with Gasteiger partial charge in [0, 0.05) is 18.3 Å². The maximum absolute atomic E-state index is 13.7. The molecule has 18 heavy (non-hydrogen) atoms. The third kappa shape index (κ3) is 2.33. The second kappa shape index (κ2) is 5.14. The molecule has 0 atom stereocenters. The van der Waals surface area contributed by atoms with Gasteiger partial charge in [0.2, 0.25) is 0 Å². The number of aliphatic hydroxyl groups is 1. The van der Waals surface area contributed by atoms with Crippen LogP contribution in [-0.4, -0.2) is 12.2 Å². The van der Waals surface area contributed by atoms with E-state index < -0.39 is 5.82 Å². The molecule has 2 aromatic rings. The number of benzene rings is 2. The maximum Gasteiger partial charge on any atom is 0.146 e. The predicted molar refractivity (Wildman–Crippen MR) is 66.8 cm³/mol. The van der Waals surface area contributed by atoms with Crippen molar-refractivity contribution in [2.24, 2.45) is 0 Å². The molecule has 0 aliphatic heterocycles. The van der Waals surface area contributed by atoms with Crippen LogP contribution < -0.4 is 4.90 Å². The summed E-state index contributed by atoms with van der Waals surface area (Å²) in [5, 5.41) is 9.22. The first-order chi connectivity index (χ1) is 8.63. The number of hydrogen-bond acceptors (Lipinski definition) is 2. The van der Waals surface area contributed by atoms with Crippen LogP contribution >= 0.6 is 0 Å². The molecule has 0 aromatic heterocycles. The van der Waals surface area contributed by atoms with E-state index in [-0.39, 0.29) is 12.4 Å². The van der Waals surface area contributed by atoms with Gasteiger partial charge in [-0.2, -0.15) is 0 Å². The molecule has 0 aliphatic rings. The van der Waals surface area contributed by atoms with E-state index in [1.54, 1.807) is 30.1 Å². The Kier molecular flexibility index (Phi) is 3.58. The second-order valence-electron chi connectivity index (χ2n) is 3.94. The van der Waals surface area contributed by atoms with Crippen molar-refractivity contribution in [3.05, 3.63) is 59.7 Å². The second-order valence-corrected chi connectivity index (χ2v) is 3.94. The molecule has 0 saturated heterocycles. The molecular weight excluding hydrogens is 236 g/mol. The van der Waals surface area contributed by atoms with Crippen molar-refractivity contribution >= 4 is 11.4 Å². The summed E-state index contributed by atoms with van der Waals surface area (Å²) in [5.74, 6) is -0.794.